The van der Waals surface area contributed by atoms with Gasteiger partial charge in [-0.05, 0) is 38.0 Å². The Balaban J connectivity index is 2.10. The van der Waals surface area contributed by atoms with Gasteiger partial charge in [-0.15, -0.1) is 0 Å². The molecular formula is C17H20N2O4. The van der Waals surface area contributed by atoms with Crippen molar-refractivity contribution in [2.24, 2.45) is 11.8 Å². The minimum atomic E-state index is -0.967. The first kappa shape index (κ1) is 16.7. The van der Waals surface area contributed by atoms with E-state index in [0.717, 1.165) is 0 Å². The van der Waals surface area contributed by atoms with Crippen molar-refractivity contribution in [3.63, 3.8) is 0 Å². The van der Waals surface area contributed by atoms with Gasteiger partial charge in [-0.3, -0.25) is 14.4 Å². The Morgan fingerprint density at radius 2 is 1.87 bits per heavy atom. The van der Waals surface area contributed by atoms with Crippen LogP contribution in [0.15, 0.2) is 36.4 Å². The van der Waals surface area contributed by atoms with Gasteiger partial charge in [-0.1, -0.05) is 18.2 Å². The second-order valence-electron chi connectivity index (χ2n) is 5.42. The van der Waals surface area contributed by atoms with E-state index in [-0.39, 0.29) is 11.8 Å². The highest BCUT2D eigenvalue weighted by molar-refractivity contribution is 5.98. The van der Waals surface area contributed by atoms with Crippen LogP contribution in [0.25, 0.3) is 0 Å². The average Bonchev–Trinajstić information content (AvgIpc) is 2.55. The maximum Gasteiger partial charge on any atom is 0.307 e. The highest BCUT2D eigenvalue weighted by Crippen LogP contribution is 2.27. The third-order valence-corrected chi connectivity index (χ3v) is 3.82. The summed E-state index contributed by atoms with van der Waals surface area (Å²) < 4.78 is 0. The van der Waals surface area contributed by atoms with E-state index in [1.807, 2.05) is 13.0 Å². The molecule has 1 aromatic carbocycles. The van der Waals surface area contributed by atoms with Crippen LogP contribution in [0.3, 0.4) is 0 Å². The number of anilines is 1. The number of carbonyl (C=O) groups excluding carboxylic acids is 2. The topological polar surface area (TPSA) is 95.5 Å². The van der Waals surface area contributed by atoms with Crippen LogP contribution in [0.1, 0.15) is 30.1 Å². The minimum Gasteiger partial charge on any atom is -0.481 e. The molecule has 0 heterocycles. The van der Waals surface area contributed by atoms with E-state index >= 15 is 0 Å². The zero-order valence-corrected chi connectivity index (χ0v) is 12.9. The van der Waals surface area contributed by atoms with E-state index in [9.17, 15) is 19.5 Å². The van der Waals surface area contributed by atoms with Gasteiger partial charge >= 0.3 is 5.97 Å². The molecule has 0 fully saturated rings. The van der Waals surface area contributed by atoms with Crippen LogP contribution in [-0.2, 0) is 9.59 Å². The van der Waals surface area contributed by atoms with Crippen molar-refractivity contribution in [1.29, 1.82) is 0 Å². The van der Waals surface area contributed by atoms with Crippen LogP contribution in [-0.4, -0.2) is 29.4 Å². The van der Waals surface area contributed by atoms with E-state index < -0.39 is 17.8 Å². The predicted octanol–water partition coefficient (Wildman–Crippen LogP) is 2.04. The lowest BCUT2D eigenvalue weighted by atomic mass is 9.82. The van der Waals surface area contributed by atoms with E-state index in [1.54, 1.807) is 30.3 Å². The van der Waals surface area contributed by atoms with Crippen LogP contribution in [0.5, 0.6) is 0 Å². The normalized spacial score (nSPS) is 19.9. The zero-order chi connectivity index (χ0) is 16.8. The number of rotatable bonds is 5. The summed E-state index contributed by atoms with van der Waals surface area (Å²) in [4.78, 5) is 35.5. The van der Waals surface area contributed by atoms with Gasteiger partial charge in [0.05, 0.1) is 11.8 Å². The maximum atomic E-state index is 12.4. The first-order valence-electron chi connectivity index (χ1n) is 7.60. The molecule has 2 amide bonds. The van der Waals surface area contributed by atoms with E-state index in [2.05, 4.69) is 10.6 Å². The quantitative estimate of drug-likeness (QED) is 0.724. The van der Waals surface area contributed by atoms with Crippen molar-refractivity contribution in [1.82, 2.24) is 5.32 Å². The Hall–Kier alpha value is -2.63. The Kier molecular flexibility index (Phi) is 5.51. The summed E-state index contributed by atoms with van der Waals surface area (Å²) in [6.45, 7) is 2.34. The molecule has 0 aromatic heterocycles. The fourth-order valence-electron chi connectivity index (χ4n) is 2.61. The number of carboxylic acid groups (broad SMARTS) is 1. The number of amides is 2. The Labute approximate surface area is 134 Å². The third kappa shape index (κ3) is 4.18. The summed E-state index contributed by atoms with van der Waals surface area (Å²) in [6, 6.07) is 6.59. The molecule has 0 saturated heterocycles. The largest absolute Gasteiger partial charge is 0.481 e. The highest BCUT2D eigenvalue weighted by Gasteiger charge is 2.33. The molecule has 2 rings (SSSR count). The van der Waals surface area contributed by atoms with Gasteiger partial charge in [-0.2, -0.15) is 0 Å². The van der Waals surface area contributed by atoms with Crippen molar-refractivity contribution >= 4 is 23.5 Å². The van der Waals surface area contributed by atoms with Gasteiger partial charge in [0.1, 0.15) is 0 Å². The molecule has 1 aliphatic carbocycles. The van der Waals surface area contributed by atoms with E-state index in [1.165, 1.54) is 0 Å². The summed E-state index contributed by atoms with van der Waals surface area (Å²) in [5.74, 6) is -2.84. The fourth-order valence-corrected chi connectivity index (χ4v) is 2.61. The maximum absolute atomic E-state index is 12.4. The van der Waals surface area contributed by atoms with E-state index in [0.29, 0.717) is 30.6 Å². The number of nitrogens with one attached hydrogen (secondary N) is 2. The molecule has 122 valence electrons. The van der Waals surface area contributed by atoms with Crippen LogP contribution in [0, 0.1) is 11.8 Å². The number of benzene rings is 1. The van der Waals surface area contributed by atoms with Crippen molar-refractivity contribution in [3.8, 4) is 0 Å². The van der Waals surface area contributed by atoms with Crippen molar-refractivity contribution in [3.05, 3.63) is 42.0 Å². The molecule has 1 aromatic rings. The molecule has 0 aliphatic heterocycles. The molecule has 0 bridgehead atoms. The van der Waals surface area contributed by atoms with Gasteiger partial charge in [0.2, 0.25) is 5.91 Å². The number of aliphatic carboxylic acids is 1. The molecule has 6 nitrogen and oxygen atoms in total. The smallest absolute Gasteiger partial charge is 0.307 e. The molecule has 0 spiro atoms. The van der Waals surface area contributed by atoms with Gasteiger partial charge in [0.25, 0.3) is 5.91 Å². The number of carbonyl (C=O) groups is 3. The van der Waals surface area contributed by atoms with Gasteiger partial charge in [-0.25, -0.2) is 0 Å². The summed E-state index contributed by atoms with van der Waals surface area (Å²) in [6.07, 6.45) is 4.37. The van der Waals surface area contributed by atoms with Gasteiger partial charge < -0.3 is 15.7 Å². The molecule has 23 heavy (non-hydrogen) atoms. The minimum absolute atomic E-state index is 0.215. The third-order valence-electron chi connectivity index (χ3n) is 3.82. The van der Waals surface area contributed by atoms with Crippen molar-refractivity contribution < 1.29 is 19.5 Å². The monoisotopic (exact) mass is 316 g/mol. The molecule has 2 unspecified atom stereocenters. The number of allylic oxidation sites excluding steroid dienone is 2. The molecule has 6 heteroatoms. The molecule has 0 radical (unpaired) electrons. The highest BCUT2D eigenvalue weighted by atomic mass is 16.4. The lowest BCUT2D eigenvalue weighted by Gasteiger charge is -2.24. The summed E-state index contributed by atoms with van der Waals surface area (Å²) >= 11 is 0. The number of hydrogen-bond donors (Lipinski definition) is 3. The van der Waals surface area contributed by atoms with Crippen molar-refractivity contribution in [2.75, 3.05) is 11.9 Å². The Bertz CT molecular complexity index is 639. The Morgan fingerprint density at radius 3 is 2.52 bits per heavy atom. The summed E-state index contributed by atoms with van der Waals surface area (Å²) in [5, 5.41) is 14.6. The summed E-state index contributed by atoms with van der Waals surface area (Å²) in [5.41, 5.74) is 0.931. The lowest BCUT2D eigenvalue weighted by molar-refractivity contribution is -0.146. The second-order valence-corrected chi connectivity index (χ2v) is 5.42. The van der Waals surface area contributed by atoms with Crippen LogP contribution in [0.2, 0.25) is 0 Å². The SMILES string of the molecule is CCNC(=O)c1cccc(NC(=O)C2CC=CCC2C(=O)O)c1. The van der Waals surface area contributed by atoms with Gasteiger partial charge in [0.15, 0.2) is 0 Å². The fraction of sp³-hybridized carbons (Fsp3) is 0.353. The van der Waals surface area contributed by atoms with Crippen LogP contribution < -0.4 is 10.6 Å². The number of carboxylic acids is 1. The molecule has 0 saturated carbocycles. The first-order valence-corrected chi connectivity index (χ1v) is 7.60. The lowest BCUT2D eigenvalue weighted by Crippen LogP contribution is -2.34. The van der Waals surface area contributed by atoms with Crippen molar-refractivity contribution in [2.45, 2.75) is 19.8 Å². The summed E-state index contributed by atoms with van der Waals surface area (Å²) in [7, 11) is 0. The van der Waals surface area contributed by atoms with Crippen LogP contribution >= 0.6 is 0 Å². The molecule has 3 N–H and O–H groups in total. The van der Waals surface area contributed by atoms with E-state index in [4.69, 9.17) is 0 Å². The molecule has 2 atom stereocenters. The standard InChI is InChI=1S/C17H20N2O4/c1-2-18-15(20)11-6-5-7-12(10-11)19-16(21)13-8-3-4-9-14(13)17(22)23/h3-7,10,13-14H,2,8-9H2,1H3,(H,18,20)(H,19,21)(H,22,23). The zero-order valence-electron chi connectivity index (χ0n) is 12.9. The molecule has 1 aliphatic rings. The second kappa shape index (κ2) is 7.58. The first-order chi connectivity index (χ1) is 11.0. The Morgan fingerprint density at radius 1 is 1.17 bits per heavy atom. The van der Waals surface area contributed by atoms with Gasteiger partial charge in [0, 0.05) is 17.8 Å². The number of hydrogen-bond acceptors (Lipinski definition) is 3. The average molecular weight is 316 g/mol. The predicted molar refractivity (Wildman–Crippen MR) is 86.1 cm³/mol. The molecular weight excluding hydrogens is 296 g/mol. The van der Waals surface area contributed by atoms with Crippen LogP contribution in [0.4, 0.5) is 5.69 Å².